The Balaban J connectivity index is 0. The highest BCUT2D eigenvalue weighted by atomic mass is 16.1. The van der Waals surface area contributed by atoms with Gasteiger partial charge < -0.3 is 5.32 Å². The van der Waals surface area contributed by atoms with Gasteiger partial charge in [0.2, 0.25) is 5.91 Å². The summed E-state index contributed by atoms with van der Waals surface area (Å²) in [6.45, 7) is 6.89. The molecule has 1 amide bonds. The zero-order chi connectivity index (χ0) is 7.28. The molecule has 0 aromatic heterocycles. The average molecular weight is 127 g/mol. The predicted octanol–water partition coefficient (Wildman–Crippen LogP) is 1.46. The third kappa shape index (κ3) is 4.81. The Morgan fingerprint density at radius 3 is 2.67 bits per heavy atom. The minimum absolute atomic E-state index is 0. The van der Waals surface area contributed by atoms with Gasteiger partial charge in [0.1, 0.15) is 0 Å². The molecule has 1 N–H and O–H groups in total. The summed E-state index contributed by atoms with van der Waals surface area (Å²) in [5, 5.41) is 2.52. The molecular weight excluding hydrogens is 114 g/mol. The van der Waals surface area contributed by atoms with Crippen LogP contribution in [0, 0.1) is 0 Å². The van der Waals surface area contributed by atoms with Crippen LogP contribution in [0.4, 0.5) is 0 Å². The first-order valence-electron chi connectivity index (χ1n) is 2.76. The van der Waals surface area contributed by atoms with Crippen LogP contribution in [0.15, 0.2) is 24.4 Å². The molecule has 9 heavy (non-hydrogen) atoms. The molecule has 0 aromatic rings. The van der Waals surface area contributed by atoms with E-state index < -0.39 is 0 Å². The molecule has 0 rings (SSSR count). The molecule has 0 spiro atoms. The Labute approximate surface area is 56.7 Å². The molecule has 2 heteroatoms. The number of carbonyl (C=O) groups is 1. The number of nitrogens with one attached hydrogen (secondary N) is 1. The Kier molecular flexibility index (Phi) is 3.44. The maximum absolute atomic E-state index is 10.3. The normalized spacial score (nSPS) is 9.56. The van der Waals surface area contributed by atoms with Crippen LogP contribution in [0.25, 0.3) is 0 Å². The summed E-state index contributed by atoms with van der Waals surface area (Å²) in [5.74, 6) is -0.0851. The van der Waals surface area contributed by atoms with E-state index in [9.17, 15) is 4.79 Å². The van der Waals surface area contributed by atoms with Crippen LogP contribution < -0.4 is 5.32 Å². The molecular formula is C7H13NO. The second-order valence-electron chi connectivity index (χ2n) is 1.71. The summed E-state index contributed by atoms with van der Waals surface area (Å²) in [6.07, 6.45) is 3.56. The predicted molar refractivity (Wildman–Crippen MR) is 39.9 cm³/mol. The second kappa shape index (κ2) is 3.89. The molecule has 0 aliphatic rings. The maximum Gasteiger partial charge on any atom is 0.221 e. The van der Waals surface area contributed by atoms with Crippen molar-refractivity contribution in [1.82, 2.24) is 5.32 Å². The molecule has 0 aromatic carbocycles. The zero-order valence-electron chi connectivity index (χ0n) is 5.77. The fourth-order valence-electron chi connectivity index (χ4n) is 0.469. The minimum atomic E-state index is -0.0851. The fourth-order valence-corrected chi connectivity index (χ4v) is 0.469. The van der Waals surface area contributed by atoms with E-state index >= 15 is 0 Å². The van der Waals surface area contributed by atoms with Crippen LogP contribution >= 0.6 is 0 Å². The van der Waals surface area contributed by atoms with Gasteiger partial charge in [-0.1, -0.05) is 12.7 Å². The van der Waals surface area contributed by atoms with Crippen LogP contribution in [0.1, 0.15) is 15.3 Å². The first-order valence-corrected chi connectivity index (χ1v) is 2.76. The third-order valence-electron chi connectivity index (χ3n) is 0.704. The Bertz CT molecular complexity index is 152. The van der Waals surface area contributed by atoms with E-state index in [1.54, 1.807) is 6.08 Å². The molecule has 0 heterocycles. The Hall–Kier alpha value is -1.05. The number of carbonyl (C=O) groups excluding carboxylic acids is 1. The molecule has 0 aliphatic heterocycles. The molecule has 0 aliphatic carbocycles. The van der Waals surface area contributed by atoms with Gasteiger partial charge in [0, 0.05) is 14.0 Å². The molecule has 0 atom stereocenters. The Morgan fingerprint density at radius 1 is 1.78 bits per heavy atom. The van der Waals surface area contributed by atoms with Gasteiger partial charge in [0.05, 0.1) is 0 Å². The van der Waals surface area contributed by atoms with Gasteiger partial charge in [0.15, 0.2) is 0 Å². The van der Waals surface area contributed by atoms with Gasteiger partial charge in [-0.05, 0) is 13.0 Å². The van der Waals surface area contributed by atoms with Crippen molar-refractivity contribution < 1.29 is 6.22 Å². The van der Waals surface area contributed by atoms with Gasteiger partial charge in [0.25, 0.3) is 0 Å². The lowest BCUT2D eigenvalue weighted by atomic mass is 10.4. The van der Waals surface area contributed by atoms with E-state index in [1.807, 2.05) is 13.0 Å². The van der Waals surface area contributed by atoms with Gasteiger partial charge in [-0.15, -0.1) is 0 Å². The van der Waals surface area contributed by atoms with Crippen LogP contribution in [-0.2, 0) is 4.79 Å². The van der Waals surface area contributed by atoms with Gasteiger partial charge in [-0.2, -0.15) is 0 Å². The second-order valence-corrected chi connectivity index (χ2v) is 1.71. The lowest BCUT2D eigenvalue weighted by molar-refractivity contribution is -0.118. The highest BCUT2D eigenvalue weighted by Crippen LogP contribution is 1.84. The molecule has 0 saturated carbocycles. The van der Waals surface area contributed by atoms with Crippen molar-refractivity contribution in [2.45, 2.75) is 13.8 Å². The summed E-state index contributed by atoms with van der Waals surface area (Å²) < 4.78 is 0. The van der Waals surface area contributed by atoms with Crippen LogP contribution in [0.5, 0.6) is 0 Å². The average Bonchev–Trinajstić information content (AvgIpc) is 1.63. The summed E-state index contributed by atoms with van der Waals surface area (Å²) in [4.78, 5) is 10.3. The van der Waals surface area contributed by atoms with Crippen molar-refractivity contribution in [3.05, 3.63) is 24.4 Å². The van der Waals surface area contributed by atoms with E-state index in [2.05, 4.69) is 11.9 Å². The van der Waals surface area contributed by atoms with Gasteiger partial charge in [-0.25, -0.2) is 0 Å². The minimum Gasteiger partial charge on any atom is -0.327 e. The smallest absolute Gasteiger partial charge is 0.221 e. The number of hydrogen-bond acceptors (Lipinski definition) is 1. The first kappa shape index (κ1) is 7.95. The van der Waals surface area contributed by atoms with Crippen LogP contribution in [-0.4, -0.2) is 5.91 Å². The van der Waals surface area contributed by atoms with Crippen LogP contribution in [0.3, 0.4) is 0 Å². The molecule has 0 unspecified atom stereocenters. The van der Waals surface area contributed by atoms with E-state index in [1.165, 1.54) is 6.92 Å². The fraction of sp³-hybridized carbons (Fsp3) is 0.286. The first-order chi connectivity index (χ1) is 4.16. The van der Waals surface area contributed by atoms with Crippen LogP contribution in [0.2, 0.25) is 0 Å². The van der Waals surface area contributed by atoms with Crippen molar-refractivity contribution in [2.24, 2.45) is 0 Å². The van der Waals surface area contributed by atoms with Crippen molar-refractivity contribution in [3.63, 3.8) is 0 Å². The molecule has 0 radical (unpaired) electrons. The summed E-state index contributed by atoms with van der Waals surface area (Å²) >= 11 is 0. The summed E-state index contributed by atoms with van der Waals surface area (Å²) in [5.41, 5.74) is 0.630. The number of amides is 1. The van der Waals surface area contributed by atoms with E-state index in [-0.39, 0.29) is 7.33 Å². The largest absolute Gasteiger partial charge is 0.327 e. The van der Waals surface area contributed by atoms with E-state index in [4.69, 9.17) is 0 Å². The molecule has 0 saturated heterocycles. The van der Waals surface area contributed by atoms with E-state index in [0.29, 0.717) is 5.70 Å². The van der Waals surface area contributed by atoms with E-state index in [0.717, 1.165) is 0 Å². The molecule has 0 fully saturated rings. The molecule has 52 valence electrons. The van der Waals surface area contributed by atoms with Gasteiger partial charge in [-0.3, -0.25) is 4.79 Å². The zero-order valence-corrected chi connectivity index (χ0v) is 5.77. The van der Waals surface area contributed by atoms with Crippen molar-refractivity contribution in [1.29, 1.82) is 0 Å². The lowest BCUT2D eigenvalue weighted by Crippen LogP contribution is -2.16. The number of allylic oxidation sites excluding steroid dienone is 2. The lowest BCUT2D eigenvalue weighted by Gasteiger charge is -1.96. The number of hydrogen-bond donors (Lipinski definition) is 1. The summed E-state index contributed by atoms with van der Waals surface area (Å²) in [7, 11) is 0. The summed E-state index contributed by atoms with van der Waals surface area (Å²) in [6, 6.07) is 0. The van der Waals surface area contributed by atoms with Gasteiger partial charge >= 0.3 is 0 Å². The van der Waals surface area contributed by atoms with Crippen molar-refractivity contribution in [2.75, 3.05) is 0 Å². The third-order valence-corrected chi connectivity index (χ3v) is 0.704. The van der Waals surface area contributed by atoms with Crippen molar-refractivity contribution >= 4 is 5.91 Å². The standard InChI is InChI=1S/C7H11NO.H2/c1-4-5-6(2)8-7(3)9;/h4-5H,2H2,1,3H3,(H,8,9);1H/b5-4-;. The molecule has 2 nitrogen and oxygen atoms in total. The Morgan fingerprint density at radius 2 is 2.33 bits per heavy atom. The highest BCUT2D eigenvalue weighted by Gasteiger charge is 1.88. The van der Waals surface area contributed by atoms with Crippen molar-refractivity contribution in [3.8, 4) is 0 Å². The molecule has 0 bridgehead atoms. The topological polar surface area (TPSA) is 29.1 Å². The number of rotatable bonds is 2. The quantitative estimate of drug-likeness (QED) is 0.559. The highest BCUT2D eigenvalue weighted by molar-refractivity contribution is 5.75. The maximum atomic E-state index is 10.3. The monoisotopic (exact) mass is 127 g/mol. The SMILES string of the molecule is C=C(/C=C\C)NC(C)=O.[HH].